The van der Waals surface area contributed by atoms with E-state index in [9.17, 15) is 13.6 Å². The van der Waals surface area contributed by atoms with E-state index in [-0.39, 0.29) is 23.0 Å². The van der Waals surface area contributed by atoms with E-state index < -0.39 is 11.6 Å². The first-order valence-electron chi connectivity index (χ1n) is 6.33. The second-order valence-corrected chi connectivity index (χ2v) is 4.78. The molecule has 4 heteroatoms. The molecule has 1 N–H and O–H groups in total. The number of nitrogens with one attached hydrogen (secondary N) is 1. The molecule has 1 fully saturated rings. The van der Waals surface area contributed by atoms with Crippen LogP contribution in [0.4, 0.5) is 8.78 Å². The van der Waals surface area contributed by atoms with Crippen molar-refractivity contribution in [1.29, 1.82) is 0 Å². The molecule has 2 nitrogen and oxygen atoms in total. The van der Waals surface area contributed by atoms with Gasteiger partial charge in [0.2, 0.25) is 0 Å². The molecule has 1 aromatic rings. The molecule has 1 aromatic carbocycles. The van der Waals surface area contributed by atoms with Crippen molar-refractivity contribution in [1.82, 2.24) is 5.32 Å². The molecule has 0 radical (unpaired) electrons. The van der Waals surface area contributed by atoms with Crippen LogP contribution < -0.4 is 5.32 Å². The SMILES string of the molecule is Cc1ccc(C(=O)C2CCCCCN2)c(F)c1F. The standard InChI is InChI=1S/C14H17F2NO/c1-9-6-7-10(13(16)12(9)15)14(18)11-5-3-2-4-8-17-11/h6-7,11,17H,2-5,8H2,1H3. The number of carbonyl (C=O) groups excluding carboxylic acids is 1. The zero-order valence-electron chi connectivity index (χ0n) is 10.4. The van der Waals surface area contributed by atoms with Gasteiger partial charge in [-0.15, -0.1) is 0 Å². The number of ketones is 1. The highest BCUT2D eigenvalue weighted by atomic mass is 19.2. The first kappa shape index (κ1) is 13.1. The van der Waals surface area contributed by atoms with Crippen LogP contribution in [-0.4, -0.2) is 18.4 Å². The molecule has 0 bridgehead atoms. The first-order chi connectivity index (χ1) is 8.61. The van der Waals surface area contributed by atoms with E-state index in [1.807, 2.05) is 0 Å². The van der Waals surface area contributed by atoms with Crippen molar-refractivity contribution in [2.75, 3.05) is 6.54 Å². The highest BCUT2D eigenvalue weighted by Crippen LogP contribution is 2.19. The quantitative estimate of drug-likeness (QED) is 0.821. The number of halogens is 2. The van der Waals surface area contributed by atoms with E-state index in [4.69, 9.17) is 0 Å². The Morgan fingerprint density at radius 3 is 2.78 bits per heavy atom. The van der Waals surface area contributed by atoms with E-state index in [0.29, 0.717) is 6.42 Å². The van der Waals surface area contributed by atoms with Gasteiger partial charge in [-0.3, -0.25) is 4.79 Å². The van der Waals surface area contributed by atoms with Crippen LogP contribution in [0.5, 0.6) is 0 Å². The van der Waals surface area contributed by atoms with Crippen LogP contribution in [0.25, 0.3) is 0 Å². The van der Waals surface area contributed by atoms with Gasteiger partial charge in [-0.05, 0) is 37.9 Å². The van der Waals surface area contributed by atoms with Gasteiger partial charge in [0.25, 0.3) is 0 Å². The van der Waals surface area contributed by atoms with Gasteiger partial charge in [0.05, 0.1) is 11.6 Å². The van der Waals surface area contributed by atoms with Gasteiger partial charge in [0.1, 0.15) is 0 Å². The summed E-state index contributed by atoms with van der Waals surface area (Å²) in [6.45, 7) is 2.24. The Bertz CT molecular complexity index is 451. The predicted octanol–water partition coefficient (Wildman–Crippen LogP) is 2.99. The molecule has 1 atom stereocenters. The average molecular weight is 253 g/mol. The number of aryl methyl sites for hydroxylation is 1. The third-order valence-electron chi connectivity index (χ3n) is 3.42. The number of rotatable bonds is 2. The van der Waals surface area contributed by atoms with Crippen molar-refractivity contribution >= 4 is 5.78 Å². The number of hydrogen-bond acceptors (Lipinski definition) is 2. The van der Waals surface area contributed by atoms with Crippen LogP contribution in [-0.2, 0) is 0 Å². The summed E-state index contributed by atoms with van der Waals surface area (Å²) in [7, 11) is 0. The summed E-state index contributed by atoms with van der Waals surface area (Å²) < 4.78 is 27.2. The highest BCUT2D eigenvalue weighted by molar-refractivity contribution is 6.00. The molecule has 1 aliphatic heterocycles. The van der Waals surface area contributed by atoms with Crippen LogP contribution in [0, 0.1) is 18.6 Å². The van der Waals surface area contributed by atoms with Crippen molar-refractivity contribution in [2.45, 2.75) is 38.6 Å². The Labute approximate surface area is 105 Å². The van der Waals surface area contributed by atoms with E-state index in [1.165, 1.54) is 19.1 Å². The lowest BCUT2D eigenvalue weighted by Crippen LogP contribution is -2.36. The molecule has 0 spiro atoms. The van der Waals surface area contributed by atoms with E-state index in [0.717, 1.165) is 25.8 Å². The number of benzene rings is 1. The Balaban J connectivity index is 2.25. The van der Waals surface area contributed by atoms with Gasteiger partial charge in [0.15, 0.2) is 17.4 Å². The Kier molecular flexibility index (Phi) is 4.07. The zero-order chi connectivity index (χ0) is 13.1. The van der Waals surface area contributed by atoms with Crippen LogP contribution in [0.15, 0.2) is 12.1 Å². The normalized spacial score (nSPS) is 20.5. The maximum atomic E-state index is 13.7. The fraction of sp³-hybridized carbons (Fsp3) is 0.500. The molecule has 1 heterocycles. The summed E-state index contributed by atoms with van der Waals surface area (Å²) in [5, 5.41) is 3.10. The van der Waals surface area contributed by atoms with Gasteiger partial charge in [-0.2, -0.15) is 0 Å². The Morgan fingerprint density at radius 1 is 1.22 bits per heavy atom. The second kappa shape index (κ2) is 5.57. The van der Waals surface area contributed by atoms with Crippen molar-refractivity contribution in [3.05, 3.63) is 34.9 Å². The molecule has 2 rings (SSSR count). The van der Waals surface area contributed by atoms with Crippen LogP contribution >= 0.6 is 0 Å². The molecule has 98 valence electrons. The number of Topliss-reactive ketones (excluding diaryl/α,β-unsaturated/α-hetero) is 1. The van der Waals surface area contributed by atoms with Crippen LogP contribution in [0.2, 0.25) is 0 Å². The lowest BCUT2D eigenvalue weighted by molar-refractivity contribution is 0.0935. The molecular weight excluding hydrogens is 236 g/mol. The minimum absolute atomic E-state index is 0.141. The third kappa shape index (κ3) is 2.58. The maximum absolute atomic E-state index is 13.7. The predicted molar refractivity (Wildman–Crippen MR) is 65.7 cm³/mol. The Hall–Kier alpha value is -1.29. The lowest BCUT2D eigenvalue weighted by atomic mass is 9.98. The summed E-state index contributed by atoms with van der Waals surface area (Å²) in [5.41, 5.74) is 0.0791. The molecule has 18 heavy (non-hydrogen) atoms. The molecular formula is C14H17F2NO. The maximum Gasteiger partial charge on any atom is 0.182 e. The second-order valence-electron chi connectivity index (χ2n) is 4.78. The smallest absolute Gasteiger partial charge is 0.182 e. The number of carbonyl (C=O) groups is 1. The van der Waals surface area contributed by atoms with Crippen molar-refractivity contribution in [2.24, 2.45) is 0 Å². The summed E-state index contributed by atoms with van der Waals surface area (Å²) in [5.74, 6) is -2.28. The molecule has 0 aromatic heterocycles. The molecule has 1 unspecified atom stereocenters. The number of hydrogen-bond donors (Lipinski definition) is 1. The summed E-state index contributed by atoms with van der Waals surface area (Å²) in [6.07, 6.45) is 3.73. The van der Waals surface area contributed by atoms with Gasteiger partial charge < -0.3 is 5.32 Å². The van der Waals surface area contributed by atoms with E-state index >= 15 is 0 Å². The molecule has 1 saturated heterocycles. The summed E-state index contributed by atoms with van der Waals surface area (Å²) >= 11 is 0. The van der Waals surface area contributed by atoms with Crippen molar-refractivity contribution < 1.29 is 13.6 Å². The Morgan fingerprint density at radius 2 is 2.00 bits per heavy atom. The van der Waals surface area contributed by atoms with E-state index in [1.54, 1.807) is 0 Å². The molecule has 1 aliphatic rings. The van der Waals surface area contributed by atoms with Gasteiger partial charge in [0, 0.05) is 0 Å². The minimum Gasteiger partial charge on any atom is -0.307 e. The first-order valence-corrected chi connectivity index (χ1v) is 6.33. The van der Waals surface area contributed by atoms with Crippen LogP contribution in [0.1, 0.15) is 41.6 Å². The van der Waals surface area contributed by atoms with Gasteiger partial charge in [-0.1, -0.05) is 18.9 Å². The fourth-order valence-corrected chi connectivity index (χ4v) is 2.28. The van der Waals surface area contributed by atoms with E-state index in [2.05, 4.69) is 5.32 Å². The summed E-state index contributed by atoms with van der Waals surface area (Å²) in [6, 6.07) is 2.44. The van der Waals surface area contributed by atoms with Gasteiger partial charge >= 0.3 is 0 Å². The molecule has 0 aliphatic carbocycles. The molecule has 0 amide bonds. The lowest BCUT2D eigenvalue weighted by Gasteiger charge is -2.15. The third-order valence-corrected chi connectivity index (χ3v) is 3.42. The zero-order valence-corrected chi connectivity index (χ0v) is 10.4. The van der Waals surface area contributed by atoms with Crippen molar-refractivity contribution in [3.63, 3.8) is 0 Å². The average Bonchev–Trinajstić information content (AvgIpc) is 2.64. The largest absolute Gasteiger partial charge is 0.307 e. The summed E-state index contributed by atoms with van der Waals surface area (Å²) in [4.78, 5) is 12.2. The highest BCUT2D eigenvalue weighted by Gasteiger charge is 2.25. The van der Waals surface area contributed by atoms with Crippen molar-refractivity contribution in [3.8, 4) is 0 Å². The monoisotopic (exact) mass is 253 g/mol. The minimum atomic E-state index is -1.02. The van der Waals surface area contributed by atoms with Crippen LogP contribution in [0.3, 0.4) is 0 Å². The topological polar surface area (TPSA) is 29.1 Å². The van der Waals surface area contributed by atoms with Gasteiger partial charge in [-0.25, -0.2) is 8.78 Å². The fourth-order valence-electron chi connectivity index (χ4n) is 2.28. The molecule has 0 saturated carbocycles.